The number of allylic oxidation sites excluding steroid dienone is 3. The lowest BCUT2D eigenvalue weighted by Crippen LogP contribution is -2.28. The van der Waals surface area contributed by atoms with Crippen molar-refractivity contribution in [3.63, 3.8) is 0 Å². The van der Waals surface area contributed by atoms with Gasteiger partial charge in [-0.25, -0.2) is 0 Å². The Balaban J connectivity index is 2.39. The molecule has 2 rings (SSSR count). The molecule has 0 bridgehead atoms. The molecule has 0 spiro atoms. The van der Waals surface area contributed by atoms with E-state index in [9.17, 15) is 15.0 Å². The SMILES string of the molecule is C=C1CC/C=C(\C)CC(O)/C=C(COC(=O)CC(C)(C)C)/C=C\[C@@H]2[C@@H](C(C)C)[C@H](O)C[C@@]2(C)CC1. The third-order valence-corrected chi connectivity index (χ3v) is 7.68. The van der Waals surface area contributed by atoms with E-state index < -0.39 is 6.10 Å². The Morgan fingerprint density at radius 3 is 2.57 bits per heavy atom. The highest BCUT2D eigenvalue weighted by atomic mass is 16.5. The molecule has 1 unspecified atom stereocenters. The van der Waals surface area contributed by atoms with Gasteiger partial charge in [-0.3, -0.25) is 4.79 Å². The molecule has 1 saturated carbocycles. The molecule has 2 N–H and O–H groups in total. The average Bonchev–Trinajstić information content (AvgIpc) is 2.96. The highest BCUT2D eigenvalue weighted by molar-refractivity contribution is 5.70. The summed E-state index contributed by atoms with van der Waals surface area (Å²) in [6, 6.07) is 0. The van der Waals surface area contributed by atoms with Crippen molar-refractivity contribution in [2.75, 3.05) is 6.61 Å². The van der Waals surface area contributed by atoms with Crippen molar-refractivity contribution in [1.82, 2.24) is 0 Å². The maximum absolute atomic E-state index is 12.4. The maximum atomic E-state index is 12.4. The van der Waals surface area contributed by atoms with Gasteiger partial charge >= 0.3 is 5.97 Å². The van der Waals surface area contributed by atoms with Crippen LogP contribution in [0.25, 0.3) is 0 Å². The molecule has 35 heavy (non-hydrogen) atoms. The summed E-state index contributed by atoms with van der Waals surface area (Å²) in [7, 11) is 0. The van der Waals surface area contributed by atoms with Gasteiger partial charge < -0.3 is 14.9 Å². The molecule has 1 fully saturated rings. The van der Waals surface area contributed by atoms with Crippen molar-refractivity contribution in [3.8, 4) is 0 Å². The van der Waals surface area contributed by atoms with E-state index in [1.54, 1.807) is 0 Å². The van der Waals surface area contributed by atoms with Crippen molar-refractivity contribution in [2.24, 2.45) is 28.6 Å². The van der Waals surface area contributed by atoms with Crippen LogP contribution >= 0.6 is 0 Å². The lowest BCUT2D eigenvalue weighted by Gasteiger charge is -2.34. The number of carbonyl (C=O) groups excluding carboxylic acids is 1. The number of hydrogen-bond donors (Lipinski definition) is 2. The fourth-order valence-electron chi connectivity index (χ4n) is 5.80. The molecule has 0 aliphatic heterocycles. The number of fused-ring (bicyclic) bond motifs is 1. The van der Waals surface area contributed by atoms with E-state index in [4.69, 9.17) is 4.74 Å². The molecule has 2 aliphatic rings. The number of esters is 1. The summed E-state index contributed by atoms with van der Waals surface area (Å²) >= 11 is 0. The van der Waals surface area contributed by atoms with E-state index in [2.05, 4.69) is 46.4 Å². The second-order valence-corrected chi connectivity index (χ2v) is 12.9. The van der Waals surface area contributed by atoms with Gasteiger partial charge in [-0.15, -0.1) is 0 Å². The summed E-state index contributed by atoms with van der Waals surface area (Å²) in [5, 5.41) is 21.8. The monoisotopic (exact) mass is 486 g/mol. The van der Waals surface area contributed by atoms with Crippen LogP contribution in [0.5, 0.6) is 0 Å². The van der Waals surface area contributed by atoms with E-state index in [1.165, 1.54) is 5.57 Å². The zero-order valence-electron chi connectivity index (χ0n) is 23.3. The van der Waals surface area contributed by atoms with E-state index in [0.717, 1.165) is 43.3 Å². The fourth-order valence-corrected chi connectivity index (χ4v) is 5.80. The van der Waals surface area contributed by atoms with E-state index in [1.807, 2.05) is 32.9 Å². The number of carbonyl (C=O) groups is 1. The van der Waals surface area contributed by atoms with Crippen LogP contribution in [0.15, 0.2) is 47.6 Å². The summed E-state index contributed by atoms with van der Waals surface area (Å²) in [6.45, 7) is 19.2. The maximum Gasteiger partial charge on any atom is 0.306 e. The molecule has 0 aromatic heterocycles. The van der Waals surface area contributed by atoms with Gasteiger partial charge in [0.1, 0.15) is 6.61 Å². The fraction of sp³-hybridized carbons (Fsp3) is 0.710. The molecule has 0 radical (unpaired) electrons. The average molecular weight is 487 g/mol. The Morgan fingerprint density at radius 2 is 1.94 bits per heavy atom. The number of ether oxygens (including phenoxy) is 1. The largest absolute Gasteiger partial charge is 0.461 e. The molecule has 0 aromatic carbocycles. The van der Waals surface area contributed by atoms with Crippen LogP contribution in [0.2, 0.25) is 0 Å². The molecule has 0 saturated heterocycles. The predicted molar refractivity (Wildman–Crippen MR) is 145 cm³/mol. The summed E-state index contributed by atoms with van der Waals surface area (Å²) < 4.78 is 5.62. The molecule has 5 atom stereocenters. The minimum atomic E-state index is -0.651. The third-order valence-electron chi connectivity index (χ3n) is 7.68. The normalized spacial score (nSPS) is 35.2. The first-order chi connectivity index (χ1) is 16.2. The molecule has 0 aromatic rings. The van der Waals surface area contributed by atoms with Crippen molar-refractivity contribution in [2.45, 2.75) is 106 Å². The molecule has 4 nitrogen and oxygen atoms in total. The summed E-state index contributed by atoms with van der Waals surface area (Å²) in [4.78, 5) is 12.4. The van der Waals surface area contributed by atoms with Gasteiger partial charge in [-0.1, -0.05) is 77.5 Å². The number of aliphatic hydroxyl groups excluding tert-OH is 2. The lowest BCUT2D eigenvalue weighted by atomic mass is 9.71. The second kappa shape index (κ2) is 12.5. The van der Waals surface area contributed by atoms with E-state index in [0.29, 0.717) is 18.8 Å². The van der Waals surface area contributed by atoms with Crippen LogP contribution in [-0.4, -0.2) is 35.0 Å². The van der Waals surface area contributed by atoms with Gasteiger partial charge in [-0.2, -0.15) is 0 Å². The standard InChI is InChI=1S/C31H50O4/c1-21(2)29-26-13-12-24(20-35-28(34)19-30(5,6)7)17-25(32)16-23(4)11-9-10-22(3)14-15-31(26,8)18-27(29)33/h11-13,17,21,25-27,29,32-33H,3,9-10,14-16,18-20H2,1-2,4-8H3/b13-12-,23-11+,24-17-/t25?,26-,27-,29-,31-/m1/s1. The topological polar surface area (TPSA) is 66.8 Å². The zero-order chi connectivity index (χ0) is 26.4. The Kier molecular flexibility index (Phi) is 10.6. The van der Waals surface area contributed by atoms with Crippen LogP contribution in [0, 0.1) is 28.6 Å². The van der Waals surface area contributed by atoms with Gasteiger partial charge in [0.25, 0.3) is 0 Å². The van der Waals surface area contributed by atoms with Crippen molar-refractivity contribution >= 4 is 5.97 Å². The van der Waals surface area contributed by atoms with Gasteiger partial charge in [0, 0.05) is 0 Å². The number of hydrogen-bond acceptors (Lipinski definition) is 4. The minimum Gasteiger partial charge on any atom is -0.461 e. The first kappa shape index (κ1) is 29.6. The van der Waals surface area contributed by atoms with Crippen molar-refractivity contribution in [1.29, 1.82) is 0 Å². The molecule has 0 amide bonds. The van der Waals surface area contributed by atoms with Crippen LogP contribution in [0.1, 0.15) is 93.4 Å². The quantitative estimate of drug-likeness (QED) is 0.334. The van der Waals surface area contributed by atoms with Crippen LogP contribution in [0.3, 0.4) is 0 Å². The Hall–Kier alpha value is -1.65. The molecule has 2 aliphatic carbocycles. The minimum absolute atomic E-state index is 0.0354. The smallest absolute Gasteiger partial charge is 0.306 e. The Bertz CT molecular complexity index is 825. The van der Waals surface area contributed by atoms with Gasteiger partial charge in [0.05, 0.1) is 18.6 Å². The second-order valence-electron chi connectivity index (χ2n) is 12.9. The Morgan fingerprint density at radius 1 is 1.26 bits per heavy atom. The molecule has 0 heterocycles. The number of rotatable bonds is 4. The zero-order valence-corrected chi connectivity index (χ0v) is 23.3. The Labute approximate surface area is 214 Å². The lowest BCUT2D eigenvalue weighted by molar-refractivity contribution is -0.144. The molecule has 198 valence electrons. The van der Waals surface area contributed by atoms with Crippen molar-refractivity contribution in [3.05, 3.63) is 47.6 Å². The predicted octanol–water partition coefficient (Wildman–Crippen LogP) is 6.94. The third kappa shape index (κ3) is 9.38. The van der Waals surface area contributed by atoms with E-state index >= 15 is 0 Å². The number of aliphatic hydroxyl groups is 2. The van der Waals surface area contributed by atoms with Crippen LogP contribution < -0.4 is 0 Å². The highest BCUT2D eigenvalue weighted by Gasteiger charge is 2.49. The molecular formula is C31H50O4. The van der Waals surface area contributed by atoms with Gasteiger partial charge in [0.15, 0.2) is 0 Å². The molecular weight excluding hydrogens is 436 g/mol. The summed E-state index contributed by atoms with van der Waals surface area (Å²) in [5.74, 6) is 0.481. The first-order valence-corrected chi connectivity index (χ1v) is 13.4. The molecule has 4 heteroatoms. The highest BCUT2D eigenvalue weighted by Crippen LogP contribution is 2.53. The summed E-state index contributed by atoms with van der Waals surface area (Å²) in [5.41, 5.74) is 3.03. The van der Waals surface area contributed by atoms with E-state index in [-0.39, 0.29) is 41.3 Å². The van der Waals surface area contributed by atoms with Crippen LogP contribution in [0.4, 0.5) is 0 Å². The first-order valence-electron chi connectivity index (χ1n) is 13.4. The van der Waals surface area contributed by atoms with Crippen molar-refractivity contribution < 1.29 is 19.7 Å². The van der Waals surface area contributed by atoms with Crippen LogP contribution in [-0.2, 0) is 9.53 Å². The summed E-state index contributed by atoms with van der Waals surface area (Å²) in [6.07, 6.45) is 12.8. The van der Waals surface area contributed by atoms with Gasteiger partial charge in [-0.05, 0) is 85.7 Å². The van der Waals surface area contributed by atoms with Gasteiger partial charge in [0.2, 0.25) is 0 Å².